The third kappa shape index (κ3) is 2.78. The molecule has 1 atom stereocenters. The minimum absolute atomic E-state index is 0.0628. The summed E-state index contributed by atoms with van der Waals surface area (Å²) in [6.45, 7) is 5.00. The second-order valence-corrected chi connectivity index (χ2v) is 6.03. The van der Waals surface area contributed by atoms with Crippen LogP contribution in [0.15, 0.2) is 18.7 Å². The Bertz CT molecular complexity index is 639. The molecule has 0 saturated carbocycles. The van der Waals surface area contributed by atoms with Gasteiger partial charge in [0.2, 0.25) is 0 Å². The Morgan fingerprint density at radius 2 is 2.19 bits per heavy atom. The number of halogens is 2. The molecule has 1 N–H and O–H groups in total. The molecule has 112 valence electrons. The number of hydrogen-bond acceptors (Lipinski definition) is 3. The van der Waals surface area contributed by atoms with E-state index in [2.05, 4.69) is 6.58 Å². The Kier molecular flexibility index (Phi) is 4.30. The Morgan fingerprint density at radius 1 is 1.52 bits per heavy atom. The van der Waals surface area contributed by atoms with Gasteiger partial charge < -0.3 is 9.84 Å². The Labute approximate surface area is 132 Å². The summed E-state index contributed by atoms with van der Waals surface area (Å²) in [5.74, 6) is -1.01. The van der Waals surface area contributed by atoms with Gasteiger partial charge in [0.25, 0.3) is 0 Å². The van der Waals surface area contributed by atoms with E-state index in [4.69, 9.17) is 33.0 Å². The summed E-state index contributed by atoms with van der Waals surface area (Å²) in [7, 11) is 0. The largest absolute Gasteiger partial charge is 0.480 e. The van der Waals surface area contributed by atoms with Gasteiger partial charge in [-0.05, 0) is 24.5 Å². The Balaban J connectivity index is 2.45. The molecule has 1 aromatic rings. The van der Waals surface area contributed by atoms with Crippen LogP contribution in [0.2, 0.25) is 10.0 Å². The molecule has 21 heavy (non-hydrogen) atoms. The van der Waals surface area contributed by atoms with Gasteiger partial charge in [0.1, 0.15) is 10.8 Å². The third-order valence-corrected chi connectivity index (χ3v) is 4.41. The van der Waals surface area contributed by atoms with Gasteiger partial charge in [0.05, 0.1) is 5.02 Å². The van der Waals surface area contributed by atoms with Crippen molar-refractivity contribution in [3.05, 3.63) is 39.9 Å². The highest BCUT2D eigenvalue weighted by molar-refractivity contribution is 6.45. The zero-order valence-corrected chi connectivity index (χ0v) is 12.9. The molecule has 4 nitrogen and oxygen atoms in total. The van der Waals surface area contributed by atoms with Gasteiger partial charge in [-0.25, -0.2) is 4.79 Å². The van der Waals surface area contributed by atoms with Crippen LogP contribution in [0.5, 0.6) is 5.75 Å². The van der Waals surface area contributed by atoms with Crippen LogP contribution in [0.1, 0.15) is 29.3 Å². The topological polar surface area (TPSA) is 63.6 Å². The SMILES string of the molecule is C=CCC1(C)Cc2cc(OCC(=O)O)c(Cl)c(Cl)c2C1=O. The molecule has 0 spiro atoms. The number of ether oxygens (including phenoxy) is 1. The van der Waals surface area contributed by atoms with Crippen LogP contribution < -0.4 is 4.74 Å². The Hall–Kier alpha value is -1.52. The fourth-order valence-electron chi connectivity index (χ4n) is 2.57. The lowest BCUT2D eigenvalue weighted by molar-refractivity contribution is -0.139. The zero-order valence-electron chi connectivity index (χ0n) is 11.4. The van der Waals surface area contributed by atoms with Gasteiger partial charge >= 0.3 is 5.97 Å². The second-order valence-electron chi connectivity index (χ2n) is 5.28. The number of ketones is 1. The zero-order chi connectivity index (χ0) is 15.8. The summed E-state index contributed by atoms with van der Waals surface area (Å²) in [4.78, 5) is 23.1. The number of rotatable bonds is 5. The van der Waals surface area contributed by atoms with Crippen molar-refractivity contribution >= 4 is 35.0 Å². The lowest BCUT2D eigenvalue weighted by Gasteiger charge is -2.19. The summed E-state index contributed by atoms with van der Waals surface area (Å²) >= 11 is 12.2. The van der Waals surface area contributed by atoms with Crippen molar-refractivity contribution in [1.82, 2.24) is 0 Å². The molecule has 0 amide bonds. The van der Waals surface area contributed by atoms with Gasteiger partial charge in [-0.3, -0.25) is 4.79 Å². The van der Waals surface area contributed by atoms with Crippen LogP contribution in [-0.4, -0.2) is 23.5 Å². The molecule has 0 aromatic heterocycles. The molecule has 1 aliphatic carbocycles. The maximum atomic E-state index is 12.5. The minimum Gasteiger partial charge on any atom is -0.480 e. The number of carbonyl (C=O) groups is 2. The molecular weight excluding hydrogens is 315 g/mol. The maximum Gasteiger partial charge on any atom is 0.341 e. The number of aliphatic carboxylic acids is 1. The number of hydrogen-bond donors (Lipinski definition) is 1. The average molecular weight is 329 g/mol. The van der Waals surface area contributed by atoms with Crippen molar-refractivity contribution in [3.8, 4) is 5.75 Å². The highest BCUT2D eigenvalue weighted by atomic mass is 35.5. The number of carbonyl (C=O) groups excluding carboxylic acids is 1. The monoisotopic (exact) mass is 328 g/mol. The fraction of sp³-hybridized carbons (Fsp3) is 0.333. The molecule has 0 radical (unpaired) electrons. The normalized spacial score (nSPS) is 20.2. The molecular formula is C15H14Cl2O4. The predicted octanol–water partition coefficient (Wildman–Crippen LogP) is 3.78. The number of Topliss-reactive ketones (excluding diaryl/α,β-unsaturated/α-hetero) is 1. The van der Waals surface area contributed by atoms with Crippen LogP contribution in [0, 0.1) is 5.41 Å². The summed E-state index contributed by atoms with van der Waals surface area (Å²) < 4.78 is 5.12. The van der Waals surface area contributed by atoms with Gasteiger partial charge in [-0.1, -0.05) is 36.2 Å². The first-order chi connectivity index (χ1) is 9.80. The number of fused-ring (bicyclic) bond motifs is 1. The fourth-order valence-corrected chi connectivity index (χ4v) is 3.07. The molecule has 1 unspecified atom stereocenters. The summed E-state index contributed by atoms with van der Waals surface area (Å²) in [5, 5.41) is 8.84. The number of benzene rings is 1. The van der Waals surface area contributed by atoms with Crippen LogP contribution in [0.25, 0.3) is 0 Å². The highest BCUT2D eigenvalue weighted by Crippen LogP contribution is 2.47. The molecule has 6 heteroatoms. The standard InChI is InChI=1S/C15H14Cl2O4/c1-3-4-15(2)6-8-5-9(21-7-10(18)19)12(16)13(17)11(8)14(15)20/h3,5H,1,4,6-7H2,2H3,(H,18,19). The molecule has 0 heterocycles. The summed E-state index contributed by atoms with van der Waals surface area (Å²) in [5.41, 5.74) is 0.524. The van der Waals surface area contributed by atoms with Crippen LogP contribution in [-0.2, 0) is 11.2 Å². The quantitative estimate of drug-likeness (QED) is 0.835. The molecule has 0 saturated heterocycles. The van der Waals surface area contributed by atoms with E-state index in [-0.39, 0.29) is 21.6 Å². The minimum atomic E-state index is -1.12. The summed E-state index contributed by atoms with van der Waals surface area (Å²) in [6.07, 6.45) is 2.72. The summed E-state index contributed by atoms with van der Waals surface area (Å²) in [6, 6.07) is 1.60. The van der Waals surface area contributed by atoms with E-state index in [1.807, 2.05) is 6.92 Å². The van der Waals surface area contributed by atoms with Crippen molar-refractivity contribution in [1.29, 1.82) is 0 Å². The van der Waals surface area contributed by atoms with Gasteiger partial charge in [-0.15, -0.1) is 6.58 Å². The molecule has 2 rings (SSSR count). The van der Waals surface area contributed by atoms with E-state index in [0.29, 0.717) is 18.4 Å². The average Bonchev–Trinajstić information content (AvgIpc) is 2.64. The maximum absolute atomic E-state index is 12.5. The third-order valence-electron chi connectivity index (χ3n) is 3.56. The lowest BCUT2D eigenvalue weighted by Crippen LogP contribution is -2.23. The van der Waals surface area contributed by atoms with Gasteiger partial charge in [0.15, 0.2) is 12.4 Å². The van der Waals surface area contributed by atoms with E-state index in [1.165, 1.54) is 0 Å². The number of carboxylic acid groups (broad SMARTS) is 1. The molecule has 1 aliphatic rings. The van der Waals surface area contributed by atoms with Crippen molar-refractivity contribution in [2.75, 3.05) is 6.61 Å². The van der Waals surface area contributed by atoms with E-state index < -0.39 is 18.0 Å². The van der Waals surface area contributed by atoms with E-state index in [0.717, 1.165) is 5.56 Å². The van der Waals surface area contributed by atoms with E-state index in [9.17, 15) is 9.59 Å². The first-order valence-electron chi connectivity index (χ1n) is 6.31. The van der Waals surface area contributed by atoms with E-state index >= 15 is 0 Å². The van der Waals surface area contributed by atoms with E-state index in [1.54, 1.807) is 12.1 Å². The van der Waals surface area contributed by atoms with Crippen molar-refractivity contribution < 1.29 is 19.4 Å². The smallest absolute Gasteiger partial charge is 0.341 e. The molecule has 1 aromatic carbocycles. The first-order valence-corrected chi connectivity index (χ1v) is 7.07. The molecule has 0 fully saturated rings. The van der Waals surface area contributed by atoms with Crippen molar-refractivity contribution in [3.63, 3.8) is 0 Å². The van der Waals surface area contributed by atoms with Gasteiger partial charge in [0, 0.05) is 11.0 Å². The van der Waals surface area contributed by atoms with Gasteiger partial charge in [-0.2, -0.15) is 0 Å². The molecule has 0 bridgehead atoms. The lowest BCUT2D eigenvalue weighted by atomic mass is 9.83. The predicted molar refractivity (Wildman–Crippen MR) is 80.5 cm³/mol. The second kappa shape index (κ2) is 5.70. The van der Waals surface area contributed by atoms with Crippen molar-refractivity contribution in [2.24, 2.45) is 5.41 Å². The van der Waals surface area contributed by atoms with Crippen molar-refractivity contribution in [2.45, 2.75) is 19.8 Å². The van der Waals surface area contributed by atoms with Crippen LogP contribution >= 0.6 is 23.2 Å². The van der Waals surface area contributed by atoms with Crippen LogP contribution in [0.4, 0.5) is 0 Å². The Morgan fingerprint density at radius 3 is 2.76 bits per heavy atom. The number of carboxylic acids is 1. The molecule has 0 aliphatic heterocycles. The first kappa shape index (κ1) is 15.9. The van der Waals surface area contributed by atoms with Crippen LogP contribution in [0.3, 0.4) is 0 Å². The number of allylic oxidation sites excluding steroid dienone is 1. The highest BCUT2D eigenvalue weighted by Gasteiger charge is 2.43.